The Bertz CT molecular complexity index is 253. The summed E-state index contributed by atoms with van der Waals surface area (Å²) in [4.78, 5) is 0. The van der Waals surface area contributed by atoms with Crippen molar-refractivity contribution in [3.05, 3.63) is 0 Å². The molecule has 0 atom stereocenters. The van der Waals surface area contributed by atoms with Crippen LogP contribution in [0.5, 0.6) is 0 Å². The molecule has 187 valence electrons. The second-order valence-corrected chi connectivity index (χ2v) is 19.0. The molecule has 0 bridgehead atoms. The van der Waals surface area contributed by atoms with Crippen LogP contribution in [-0.4, -0.2) is 19.8 Å². The van der Waals surface area contributed by atoms with Gasteiger partial charge in [-0.25, -0.2) is 0 Å². The summed E-state index contributed by atoms with van der Waals surface area (Å²) in [5, 5.41) is 0. The van der Waals surface area contributed by atoms with Gasteiger partial charge in [-0.05, 0) is 0 Å². The first kappa shape index (κ1) is 31.8. The number of rotatable bonds is 27. The van der Waals surface area contributed by atoms with Crippen LogP contribution in [0.15, 0.2) is 0 Å². The molecule has 1 radical (unpaired) electrons. The maximum absolute atomic E-state index is 2.33. The number of hydrogen-bond acceptors (Lipinski definition) is 0. The molecule has 0 aliphatic heterocycles. The predicted molar refractivity (Wildman–Crippen MR) is 148 cm³/mol. The molecule has 31 heavy (non-hydrogen) atoms. The Balaban J connectivity index is 3.82. The van der Waals surface area contributed by atoms with E-state index in [-0.39, 0.29) is 0 Å². The first-order valence-corrected chi connectivity index (χ1v) is 21.2. The Morgan fingerprint density at radius 3 is 0.677 bits per heavy atom. The summed E-state index contributed by atoms with van der Waals surface area (Å²) in [5.74, 6) is 0. The van der Waals surface area contributed by atoms with Gasteiger partial charge in [-0.15, -0.1) is 0 Å². The van der Waals surface area contributed by atoms with Gasteiger partial charge in [0, 0.05) is 0 Å². The molecule has 0 nitrogen and oxygen atoms in total. The minimum atomic E-state index is -1.06. The van der Waals surface area contributed by atoms with Crippen LogP contribution in [0, 0.1) is 0 Å². The molecular weight excluding hydrogens is 479 g/mol. The van der Waals surface area contributed by atoms with Crippen LogP contribution in [-0.2, 0) is 0 Å². The van der Waals surface area contributed by atoms with E-state index in [0.29, 0.717) is 0 Å². The molecule has 0 rings (SSSR count). The first-order valence-electron chi connectivity index (χ1n) is 15.2. The molecule has 0 amide bonds. The van der Waals surface area contributed by atoms with Gasteiger partial charge in [0.2, 0.25) is 0 Å². The van der Waals surface area contributed by atoms with Gasteiger partial charge in [-0.2, -0.15) is 0 Å². The van der Waals surface area contributed by atoms with Crippen molar-refractivity contribution < 1.29 is 0 Å². The summed E-state index contributed by atoms with van der Waals surface area (Å²) in [6, 6.07) is 0. The fourth-order valence-corrected chi connectivity index (χ4v) is 13.5. The molecule has 0 heterocycles. The van der Waals surface area contributed by atoms with E-state index in [4.69, 9.17) is 0 Å². The summed E-state index contributed by atoms with van der Waals surface area (Å²) in [7, 11) is 0. The zero-order valence-electron chi connectivity index (χ0n) is 22.6. The minimum absolute atomic E-state index is 1.06. The van der Waals surface area contributed by atoms with Crippen molar-refractivity contribution in [1.29, 1.82) is 0 Å². The Morgan fingerprint density at radius 2 is 0.452 bits per heavy atom. The molecule has 0 aromatic heterocycles. The molecule has 0 aromatic carbocycles. The predicted octanol–water partition coefficient (Wildman–Crippen LogP) is 11.9. The summed E-state index contributed by atoms with van der Waals surface area (Å²) in [6.07, 6.45) is 36.0. The normalized spacial score (nSPS) is 11.6. The van der Waals surface area contributed by atoms with E-state index in [0.717, 1.165) is 0 Å². The molecule has 0 aliphatic rings. The van der Waals surface area contributed by atoms with E-state index in [2.05, 4.69) is 20.8 Å². The standard InChI is InChI=1S/3C10H21.Sn/c3*1-3-5-7-9-10-8-6-4-2;/h3*1,3-10H2,2H3;. The van der Waals surface area contributed by atoms with Crippen molar-refractivity contribution >= 4 is 19.8 Å². The van der Waals surface area contributed by atoms with Gasteiger partial charge in [0.05, 0.1) is 0 Å². The van der Waals surface area contributed by atoms with Gasteiger partial charge in [0.1, 0.15) is 0 Å². The zero-order chi connectivity index (χ0) is 22.7. The van der Waals surface area contributed by atoms with Gasteiger partial charge in [-0.3, -0.25) is 0 Å². The van der Waals surface area contributed by atoms with Gasteiger partial charge < -0.3 is 0 Å². The van der Waals surface area contributed by atoms with Crippen LogP contribution < -0.4 is 0 Å². The van der Waals surface area contributed by atoms with Crippen LogP contribution in [0.2, 0.25) is 13.3 Å². The number of hydrogen-bond donors (Lipinski definition) is 0. The molecule has 0 saturated carbocycles. The van der Waals surface area contributed by atoms with Gasteiger partial charge >= 0.3 is 208 Å². The van der Waals surface area contributed by atoms with E-state index < -0.39 is 19.8 Å². The van der Waals surface area contributed by atoms with E-state index in [1.807, 2.05) is 0 Å². The third-order valence-corrected chi connectivity index (χ3v) is 16.2. The van der Waals surface area contributed by atoms with Crippen LogP contribution >= 0.6 is 0 Å². The first-order chi connectivity index (χ1) is 15.3. The van der Waals surface area contributed by atoms with Crippen molar-refractivity contribution in [2.24, 2.45) is 0 Å². The molecular formula is C30H63Sn. The van der Waals surface area contributed by atoms with Crippen LogP contribution in [0.1, 0.15) is 175 Å². The van der Waals surface area contributed by atoms with Gasteiger partial charge in [0.25, 0.3) is 0 Å². The van der Waals surface area contributed by atoms with Gasteiger partial charge in [-0.1, -0.05) is 0 Å². The Morgan fingerprint density at radius 1 is 0.258 bits per heavy atom. The molecule has 1 heteroatoms. The second-order valence-electron chi connectivity index (χ2n) is 10.4. The van der Waals surface area contributed by atoms with E-state index in [9.17, 15) is 0 Å². The Hall–Kier alpha value is 0.799. The van der Waals surface area contributed by atoms with Crippen molar-refractivity contribution in [3.63, 3.8) is 0 Å². The SMILES string of the molecule is CCCCCCCCC[CH2][Sn]([CH2]CCCCCCCCC)[CH2]CCCCCCCCC. The van der Waals surface area contributed by atoms with Gasteiger partial charge in [0.15, 0.2) is 0 Å². The Labute approximate surface area is 207 Å². The summed E-state index contributed by atoms with van der Waals surface area (Å²) < 4.78 is 5.18. The molecule has 0 N–H and O–H groups in total. The van der Waals surface area contributed by atoms with Crippen molar-refractivity contribution in [2.45, 2.75) is 188 Å². The third kappa shape index (κ3) is 26.9. The maximum atomic E-state index is 2.33. The molecule has 0 spiro atoms. The van der Waals surface area contributed by atoms with E-state index >= 15 is 0 Å². The molecule has 0 fully saturated rings. The Kier molecular flexibility index (Phi) is 29.6. The summed E-state index contributed by atoms with van der Waals surface area (Å²) >= 11 is -1.06. The average Bonchev–Trinajstić information content (AvgIpc) is 2.78. The van der Waals surface area contributed by atoms with E-state index in [1.165, 1.54) is 116 Å². The van der Waals surface area contributed by atoms with Crippen molar-refractivity contribution in [1.82, 2.24) is 0 Å². The number of unbranched alkanes of at least 4 members (excludes halogenated alkanes) is 21. The summed E-state index contributed by atoms with van der Waals surface area (Å²) in [6.45, 7) is 6.98. The quantitative estimate of drug-likeness (QED) is 0.0715. The van der Waals surface area contributed by atoms with Crippen molar-refractivity contribution in [2.75, 3.05) is 0 Å². The molecule has 0 saturated heterocycles. The van der Waals surface area contributed by atoms with Crippen LogP contribution in [0.25, 0.3) is 0 Å². The molecule has 0 aromatic rings. The van der Waals surface area contributed by atoms with Crippen LogP contribution in [0.4, 0.5) is 0 Å². The molecule has 0 unspecified atom stereocenters. The van der Waals surface area contributed by atoms with Crippen molar-refractivity contribution in [3.8, 4) is 0 Å². The monoisotopic (exact) mass is 543 g/mol. The third-order valence-electron chi connectivity index (χ3n) is 7.15. The topological polar surface area (TPSA) is 0 Å². The summed E-state index contributed by atoms with van der Waals surface area (Å²) in [5.41, 5.74) is 0. The second kappa shape index (κ2) is 28.8. The van der Waals surface area contributed by atoms with E-state index in [1.54, 1.807) is 51.8 Å². The van der Waals surface area contributed by atoms with Crippen LogP contribution in [0.3, 0.4) is 0 Å². The fraction of sp³-hybridized carbons (Fsp3) is 1.00. The average molecular weight is 543 g/mol. The molecule has 0 aliphatic carbocycles. The fourth-order valence-electron chi connectivity index (χ4n) is 4.90. The zero-order valence-corrected chi connectivity index (χ0v) is 25.4.